The predicted molar refractivity (Wildman–Crippen MR) is 64.4 cm³/mol. The highest BCUT2D eigenvalue weighted by Crippen LogP contribution is 2.22. The minimum Gasteiger partial charge on any atom is -0.396 e. The summed E-state index contributed by atoms with van der Waals surface area (Å²) in [7, 11) is 0. The standard InChI is InChI=1S/C13H15FN2O/c14-7-8-16-10-12(6-9-17)13(15-16)11-4-2-1-3-5-11/h1-5,10,17H,6-9H2. The molecule has 0 unspecified atom stereocenters. The van der Waals surface area contributed by atoms with Crippen molar-refractivity contribution in [2.45, 2.75) is 13.0 Å². The summed E-state index contributed by atoms with van der Waals surface area (Å²) in [5.74, 6) is 0. The number of hydrogen-bond donors (Lipinski definition) is 1. The summed E-state index contributed by atoms with van der Waals surface area (Å²) in [5.41, 5.74) is 2.77. The number of aromatic nitrogens is 2. The summed E-state index contributed by atoms with van der Waals surface area (Å²) in [6, 6.07) is 9.73. The van der Waals surface area contributed by atoms with Crippen LogP contribution in [-0.4, -0.2) is 28.2 Å². The molecule has 0 spiro atoms. The number of benzene rings is 1. The lowest BCUT2D eigenvalue weighted by molar-refractivity contribution is 0.299. The van der Waals surface area contributed by atoms with Gasteiger partial charge >= 0.3 is 0 Å². The second kappa shape index (κ2) is 5.59. The molecule has 3 nitrogen and oxygen atoms in total. The second-order valence-electron chi connectivity index (χ2n) is 3.79. The average molecular weight is 234 g/mol. The summed E-state index contributed by atoms with van der Waals surface area (Å²) < 4.78 is 13.9. The van der Waals surface area contributed by atoms with E-state index in [-0.39, 0.29) is 13.2 Å². The van der Waals surface area contributed by atoms with E-state index in [4.69, 9.17) is 5.11 Å². The Bertz CT molecular complexity index is 468. The average Bonchev–Trinajstić information content (AvgIpc) is 2.74. The molecular weight excluding hydrogens is 219 g/mol. The van der Waals surface area contributed by atoms with Crippen molar-refractivity contribution >= 4 is 0 Å². The SMILES string of the molecule is OCCc1cn(CCF)nc1-c1ccccc1. The Labute approximate surface area is 99.5 Å². The van der Waals surface area contributed by atoms with Crippen LogP contribution in [0.4, 0.5) is 4.39 Å². The van der Waals surface area contributed by atoms with Crippen LogP contribution >= 0.6 is 0 Å². The molecule has 2 aromatic rings. The molecule has 0 aliphatic carbocycles. The number of alkyl halides is 1. The van der Waals surface area contributed by atoms with E-state index in [0.717, 1.165) is 16.8 Å². The molecule has 90 valence electrons. The fraction of sp³-hybridized carbons (Fsp3) is 0.308. The number of aliphatic hydroxyl groups excluding tert-OH is 1. The van der Waals surface area contributed by atoms with Crippen LogP contribution in [0.2, 0.25) is 0 Å². The molecule has 0 saturated carbocycles. The maximum absolute atomic E-state index is 12.3. The van der Waals surface area contributed by atoms with E-state index in [1.807, 2.05) is 30.3 Å². The minimum absolute atomic E-state index is 0.0706. The van der Waals surface area contributed by atoms with Crippen LogP contribution in [0.3, 0.4) is 0 Å². The van der Waals surface area contributed by atoms with Gasteiger partial charge in [0.15, 0.2) is 0 Å². The van der Waals surface area contributed by atoms with E-state index in [1.54, 1.807) is 10.9 Å². The molecule has 0 bridgehead atoms. The van der Waals surface area contributed by atoms with Crippen LogP contribution in [0.15, 0.2) is 36.5 Å². The van der Waals surface area contributed by atoms with Gasteiger partial charge in [0.2, 0.25) is 0 Å². The van der Waals surface area contributed by atoms with Crippen molar-refractivity contribution in [3.05, 3.63) is 42.1 Å². The second-order valence-corrected chi connectivity index (χ2v) is 3.79. The Morgan fingerprint density at radius 1 is 1.24 bits per heavy atom. The molecule has 1 N–H and O–H groups in total. The van der Waals surface area contributed by atoms with Gasteiger partial charge in [0, 0.05) is 23.9 Å². The Morgan fingerprint density at radius 3 is 2.65 bits per heavy atom. The van der Waals surface area contributed by atoms with Gasteiger partial charge in [-0.2, -0.15) is 5.10 Å². The number of aryl methyl sites for hydroxylation is 1. The smallest absolute Gasteiger partial charge is 0.109 e. The molecule has 0 amide bonds. The zero-order valence-corrected chi connectivity index (χ0v) is 9.51. The topological polar surface area (TPSA) is 38.0 Å². The Kier molecular flexibility index (Phi) is 3.88. The zero-order valence-electron chi connectivity index (χ0n) is 9.51. The van der Waals surface area contributed by atoms with Crippen molar-refractivity contribution in [3.8, 4) is 11.3 Å². The maximum atomic E-state index is 12.3. The van der Waals surface area contributed by atoms with Gasteiger partial charge in [-0.1, -0.05) is 30.3 Å². The lowest BCUT2D eigenvalue weighted by Gasteiger charge is -1.99. The first-order valence-electron chi connectivity index (χ1n) is 5.63. The monoisotopic (exact) mass is 234 g/mol. The van der Waals surface area contributed by atoms with Crippen LogP contribution in [0, 0.1) is 0 Å². The van der Waals surface area contributed by atoms with Crippen LogP contribution in [0.5, 0.6) is 0 Å². The molecule has 17 heavy (non-hydrogen) atoms. The van der Waals surface area contributed by atoms with Crippen LogP contribution in [0.1, 0.15) is 5.56 Å². The largest absolute Gasteiger partial charge is 0.396 e. The third-order valence-electron chi connectivity index (χ3n) is 2.58. The molecule has 0 aliphatic rings. The minimum atomic E-state index is -0.436. The molecule has 0 radical (unpaired) electrons. The van der Waals surface area contributed by atoms with E-state index < -0.39 is 6.67 Å². The number of hydrogen-bond acceptors (Lipinski definition) is 2. The third-order valence-corrected chi connectivity index (χ3v) is 2.58. The van der Waals surface area contributed by atoms with E-state index in [0.29, 0.717) is 6.42 Å². The molecule has 0 atom stereocenters. The van der Waals surface area contributed by atoms with E-state index in [1.165, 1.54) is 0 Å². The third kappa shape index (κ3) is 2.71. The van der Waals surface area contributed by atoms with Crippen molar-refractivity contribution in [2.75, 3.05) is 13.3 Å². The molecule has 0 saturated heterocycles. The van der Waals surface area contributed by atoms with Gasteiger partial charge in [-0.15, -0.1) is 0 Å². The van der Waals surface area contributed by atoms with Crippen molar-refractivity contribution in [1.82, 2.24) is 9.78 Å². The van der Waals surface area contributed by atoms with Gasteiger partial charge in [-0.25, -0.2) is 4.39 Å². The first-order chi connectivity index (χ1) is 8.35. The maximum Gasteiger partial charge on any atom is 0.109 e. The molecule has 2 rings (SSSR count). The first kappa shape index (κ1) is 11.8. The van der Waals surface area contributed by atoms with Crippen LogP contribution < -0.4 is 0 Å². The molecule has 0 aliphatic heterocycles. The highest BCUT2D eigenvalue weighted by Gasteiger charge is 2.10. The summed E-state index contributed by atoms with van der Waals surface area (Å²) in [6.45, 7) is -0.110. The number of nitrogens with zero attached hydrogens (tertiary/aromatic N) is 2. The zero-order chi connectivity index (χ0) is 12.1. The van der Waals surface area contributed by atoms with E-state index in [9.17, 15) is 4.39 Å². The number of rotatable bonds is 5. The Hall–Kier alpha value is -1.68. The van der Waals surface area contributed by atoms with E-state index >= 15 is 0 Å². The lowest BCUT2D eigenvalue weighted by atomic mass is 10.1. The van der Waals surface area contributed by atoms with Crippen molar-refractivity contribution < 1.29 is 9.50 Å². The van der Waals surface area contributed by atoms with Crippen LogP contribution in [0.25, 0.3) is 11.3 Å². The van der Waals surface area contributed by atoms with Gasteiger partial charge in [0.05, 0.1) is 12.2 Å². The fourth-order valence-corrected chi connectivity index (χ4v) is 1.81. The fourth-order valence-electron chi connectivity index (χ4n) is 1.81. The van der Waals surface area contributed by atoms with Gasteiger partial charge in [-0.3, -0.25) is 4.68 Å². The number of halogens is 1. The summed E-state index contributed by atoms with van der Waals surface area (Å²) in [5, 5.41) is 13.4. The quantitative estimate of drug-likeness (QED) is 0.859. The van der Waals surface area contributed by atoms with Gasteiger partial charge in [0.1, 0.15) is 6.67 Å². The van der Waals surface area contributed by atoms with E-state index in [2.05, 4.69) is 5.10 Å². The summed E-state index contributed by atoms with van der Waals surface area (Å²) in [4.78, 5) is 0. The molecule has 1 aromatic carbocycles. The summed E-state index contributed by atoms with van der Waals surface area (Å²) in [6.07, 6.45) is 2.34. The lowest BCUT2D eigenvalue weighted by Crippen LogP contribution is -1.99. The first-order valence-corrected chi connectivity index (χ1v) is 5.63. The molecule has 1 aromatic heterocycles. The molecule has 4 heteroatoms. The Morgan fingerprint density at radius 2 is 2.00 bits per heavy atom. The Balaban J connectivity index is 2.37. The highest BCUT2D eigenvalue weighted by molar-refractivity contribution is 5.62. The summed E-state index contributed by atoms with van der Waals surface area (Å²) >= 11 is 0. The van der Waals surface area contributed by atoms with Gasteiger partial charge in [0.25, 0.3) is 0 Å². The number of aliphatic hydroxyl groups is 1. The molecule has 1 heterocycles. The highest BCUT2D eigenvalue weighted by atomic mass is 19.1. The van der Waals surface area contributed by atoms with Crippen molar-refractivity contribution in [1.29, 1.82) is 0 Å². The normalized spacial score (nSPS) is 10.7. The van der Waals surface area contributed by atoms with Crippen LogP contribution in [-0.2, 0) is 13.0 Å². The van der Waals surface area contributed by atoms with Crippen molar-refractivity contribution in [3.63, 3.8) is 0 Å². The van der Waals surface area contributed by atoms with Gasteiger partial charge in [-0.05, 0) is 6.42 Å². The molecule has 0 fully saturated rings. The molecular formula is C13H15FN2O. The van der Waals surface area contributed by atoms with Crippen molar-refractivity contribution in [2.24, 2.45) is 0 Å². The predicted octanol–water partition coefficient (Wildman–Crippen LogP) is 2.05. The van der Waals surface area contributed by atoms with Gasteiger partial charge < -0.3 is 5.11 Å².